The Bertz CT molecular complexity index is 837. The van der Waals surface area contributed by atoms with Crippen LogP contribution in [-0.4, -0.2) is 25.7 Å². The molecule has 0 aliphatic carbocycles. The molecule has 1 amide bonds. The summed E-state index contributed by atoms with van der Waals surface area (Å²) in [6, 6.07) is 9.79. The van der Waals surface area contributed by atoms with Crippen molar-refractivity contribution in [3.63, 3.8) is 0 Å². The zero-order valence-corrected chi connectivity index (χ0v) is 13.2. The lowest BCUT2D eigenvalue weighted by atomic mass is 10.2. The van der Waals surface area contributed by atoms with Crippen LogP contribution in [0, 0.1) is 20.8 Å². The van der Waals surface area contributed by atoms with Gasteiger partial charge in [-0.25, -0.2) is 9.67 Å². The molecule has 0 bridgehead atoms. The van der Waals surface area contributed by atoms with E-state index >= 15 is 0 Å². The van der Waals surface area contributed by atoms with Crippen LogP contribution >= 0.6 is 0 Å². The Morgan fingerprint density at radius 3 is 2.43 bits per heavy atom. The molecule has 2 aromatic heterocycles. The Morgan fingerprint density at radius 2 is 1.78 bits per heavy atom. The largest absolute Gasteiger partial charge is 0.317 e. The number of aromatic nitrogens is 4. The summed E-state index contributed by atoms with van der Waals surface area (Å²) in [7, 11) is 0. The average Bonchev–Trinajstić information content (AvgIpc) is 2.84. The van der Waals surface area contributed by atoms with Gasteiger partial charge in [0, 0.05) is 6.20 Å². The highest BCUT2D eigenvalue weighted by Crippen LogP contribution is 2.23. The van der Waals surface area contributed by atoms with Crippen LogP contribution in [0.3, 0.4) is 0 Å². The Kier molecular flexibility index (Phi) is 3.89. The molecule has 0 saturated carbocycles. The molecule has 0 spiro atoms. The summed E-state index contributed by atoms with van der Waals surface area (Å²) < 4.78 is 1.81. The topological polar surface area (TPSA) is 72.7 Å². The molecule has 0 fully saturated rings. The van der Waals surface area contributed by atoms with E-state index in [1.165, 1.54) is 6.20 Å². The minimum absolute atomic E-state index is 0.280. The number of aryl methyl sites for hydroxylation is 2. The quantitative estimate of drug-likeness (QED) is 0.807. The van der Waals surface area contributed by atoms with Crippen molar-refractivity contribution in [2.75, 3.05) is 5.32 Å². The van der Waals surface area contributed by atoms with E-state index in [0.29, 0.717) is 5.69 Å². The smallest absolute Gasteiger partial charge is 0.275 e. The molecule has 0 aliphatic heterocycles. The second-order valence-corrected chi connectivity index (χ2v) is 5.29. The van der Waals surface area contributed by atoms with Crippen molar-refractivity contribution < 1.29 is 4.79 Å². The molecule has 23 heavy (non-hydrogen) atoms. The molecule has 6 nitrogen and oxygen atoms in total. The Morgan fingerprint density at radius 1 is 1.04 bits per heavy atom. The van der Waals surface area contributed by atoms with Crippen LogP contribution < -0.4 is 5.32 Å². The molecule has 0 atom stereocenters. The third kappa shape index (κ3) is 2.96. The lowest BCUT2D eigenvalue weighted by Gasteiger charge is -2.06. The van der Waals surface area contributed by atoms with Gasteiger partial charge in [0.05, 0.1) is 34.7 Å². The molecular formula is C17H17N5O. The maximum absolute atomic E-state index is 12.3. The number of para-hydroxylation sites is 1. The number of hydrogen-bond donors (Lipinski definition) is 1. The molecule has 0 aliphatic rings. The lowest BCUT2D eigenvalue weighted by Crippen LogP contribution is -2.15. The molecule has 1 aromatic carbocycles. The van der Waals surface area contributed by atoms with Gasteiger partial charge in [-0.05, 0) is 32.9 Å². The highest BCUT2D eigenvalue weighted by atomic mass is 16.1. The second-order valence-electron chi connectivity index (χ2n) is 5.29. The number of nitrogens with zero attached hydrogens (tertiary/aromatic N) is 4. The van der Waals surface area contributed by atoms with Gasteiger partial charge in [-0.15, -0.1) is 0 Å². The molecule has 3 aromatic rings. The minimum Gasteiger partial charge on any atom is -0.317 e. The Balaban J connectivity index is 1.90. The molecule has 0 radical (unpaired) electrons. The molecule has 1 N–H and O–H groups in total. The van der Waals surface area contributed by atoms with Crippen LogP contribution in [0.25, 0.3) is 5.69 Å². The predicted molar refractivity (Wildman–Crippen MR) is 87.8 cm³/mol. The first-order valence-corrected chi connectivity index (χ1v) is 7.28. The molecule has 6 heteroatoms. The fraction of sp³-hybridized carbons (Fsp3) is 0.176. The summed E-state index contributed by atoms with van der Waals surface area (Å²) in [5.41, 5.74) is 4.31. The van der Waals surface area contributed by atoms with Gasteiger partial charge in [-0.1, -0.05) is 18.2 Å². The summed E-state index contributed by atoms with van der Waals surface area (Å²) in [5, 5.41) is 7.39. The predicted octanol–water partition coefficient (Wildman–Crippen LogP) is 2.84. The first kappa shape index (κ1) is 14.9. The van der Waals surface area contributed by atoms with Crippen molar-refractivity contribution in [2.45, 2.75) is 20.8 Å². The number of nitrogens with one attached hydrogen (secondary N) is 1. The molecule has 2 heterocycles. The Hall–Kier alpha value is -3.02. The van der Waals surface area contributed by atoms with Gasteiger partial charge < -0.3 is 5.32 Å². The van der Waals surface area contributed by atoms with Gasteiger partial charge >= 0.3 is 0 Å². The lowest BCUT2D eigenvalue weighted by molar-refractivity contribution is 0.102. The summed E-state index contributed by atoms with van der Waals surface area (Å²) >= 11 is 0. The van der Waals surface area contributed by atoms with E-state index in [1.807, 2.05) is 55.8 Å². The van der Waals surface area contributed by atoms with Gasteiger partial charge in [0.1, 0.15) is 5.69 Å². The monoisotopic (exact) mass is 307 g/mol. The van der Waals surface area contributed by atoms with Crippen molar-refractivity contribution in [3.05, 3.63) is 65.5 Å². The molecule has 0 unspecified atom stereocenters. The number of benzene rings is 1. The normalized spacial score (nSPS) is 10.6. The van der Waals surface area contributed by atoms with Crippen LogP contribution in [0.15, 0.2) is 42.7 Å². The van der Waals surface area contributed by atoms with Crippen LogP contribution in [0.1, 0.15) is 27.6 Å². The van der Waals surface area contributed by atoms with E-state index in [0.717, 1.165) is 22.8 Å². The summed E-state index contributed by atoms with van der Waals surface area (Å²) in [6.45, 7) is 5.61. The molecule has 0 saturated heterocycles. The number of anilines is 1. The maximum atomic E-state index is 12.3. The van der Waals surface area contributed by atoms with Gasteiger partial charge in [0.2, 0.25) is 0 Å². The maximum Gasteiger partial charge on any atom is 0.275 e. The van der Waals surface area contributed by atoms with E-state index in [1.54, 1.807) is 6.20 Å². The number of hydrogen-bond acceptors (Lipinski definition) is 4. The van der Waals surface area contributed by atoms with Crippen molar-refractivity contribution in [3.8, 4) is 5.69 Å². The average molecular weight is 307 g/mol. The van der Waals surface area contributed by atoms with E-state index in [9.17, 15) is 4.79 Å². The minimum atomic E-state index is -0.295. The third-order valence-corrected chi connectivity index (χ3v) is 3.54. The Labute approximate surface area is 134 Å². The number of rotatable bonds is 3. The zero-order valence-electron chi connectivity index (χ0n) is 13.2. The fourth-order valence-electron chi connectivity index (χ4n) is 2.33. The molecule has 116 valence electrons. The van der Waals surface area contributed by atoms with Gasteiger partial charge in [0.25, 0.3) is 5.91 Å². The molecular weight excluding hydrogens is 290 g/mol. The first-order valence-electron chi connectivity index (χ1n) is 7.28. The highest BCUT2D eigenvalue weighted by Gasteiger charge is 2.16. The molecule has 3 rings (SSSR count). The summed E-state index contributed by atoms with van der Waals surface area (Å²) in [5.74, 6) is -0.295. The number of carbonyl (C=O) groups excluding carboxylic acids is 1. The van der Waals surface area contributed by atoms with Gasteiger partial charge in [0.15, 0.2) is 0 Å². The van der Waals surface area contributed by atoms with Crippen molar-refractivity contribution in [2.24, 2.45) is 0 Å². The van der Waals surface area contributed by atoms with Crippen LogP contribution in [0.5, 0.6) is 0 Å². The number of carbonyl (C=O) groups is 1. The van der Waals surface area contributed by atoms with Gasteiger partial charge in [-0.2, -0.15) is 5.10 Å². The summed E-state index contributed by atoms with van der Waals surface area (Å²) in [4.78, 5) is 20.5. The standard InChI is InChI=1S/C17H17N5O/c1-11-9-19-15(10-18-11)17(23)20-16-12(2)21-22(13(16)3)14-7-5-4-6-8-14/h4-10H,1-3H3,(H,20,23). The van der Waals surface area contributed by atoms with Crippen LogP contribution in [0.4, 0.5) is 5.69 Å². The van der Waals surface area contributed by atoms with Crippen LogP contribution in [-0.2, 0) is 0 Å². The van der Waals surface area contributed by atoms with E-state index in [4.69, 9.17) is 0 Å². The van der Waals surface area contributed by atoms with Crippen molar-refractivity contribution in [1.29, 1.82) is 0 Å². The fourth-order valence-corrected chi connectivity index (χ4v) is 2.33. The van der Waals surface area contributed by atoms with E-state index in [2.05, 4.69) is 20.4 Å². The second kappa shape index (κ2) is 6.00. The highest BCUT2D eigenvalue weighted by molar-refractivity contribution is 6.03. The van der Waals surface area contributed by atoms with E-state index < -0.39 is 0 Å². The van der Waals surface area contributed by atoms with Crippen LogP contribution in [0.2, 0.25) is 0 Å². The van der Waals surface area contributed by atoms with Crippen molar-refractivity contribution >= 4 is 11.6 Å². The summed E-state index contributed by atoms with van der Waals surface area (Å²) in [6.07, 6.45) is 3.04. The van der Waals surface area contributed by atoms with E-state index in [-0.39, 0.29) is 11.6 Å². The third-order valence-electron chi connectivity index (χ3n) is 3.54. The zero-order chi connectivity index (χ0) is 16.4. The SMILES string of the molecule is Cc1cnc(C(=O)Nc2c(C)nn(-c3ccccc3)c2C)cn1. The van der Waals surface area contributed by atoms with Crippen molar-refractivity contribution in [1.82, 2.24) is 19.7 Å². The number of amides is 1. The first-order chi connectivity index (χ1) is 11.1. The van der Waals surface area contributed by atoms with Gasteiger partial charge in [-0.3, -0.25) is 9.78 Å².